The third-order valence-electron chi connectivity index (χ3n) is 5.85. The Balaban J connectivity index is 1.65. The molecule has 1 amide bonds. The maximum atomic E-state index is 13.0. The number of carbonyl (C=O) groups excluding carboxylic acids is 1. The van der Waals surface area contributed by atoms with E-state index in [9.17, 15) is 9.90 Å². The smallest absolute Gasteiger partial charge is 0.273 e. The second kappa shape index (κ2) is 6.54. The topological polar surface area (TPSA) is 53.4 Å². The lowest BCUT2D eigenvalue weighted by atomic mass is 9.66. The van der Waals surface area contributed by atoms with Crippen molar-refractivity contribution in [3.05, 3.63) is 52.0 Å². The predicted octanol–water partition coefficient (Wildman–Crippen LogP) is 3.74. The fourth-order valence-corrected chi connectivity index (χ4v) is 5.22. The van der Waals surface area contributed by atoms with E-state index in [4.69, 9.17) is 0 Å². The van der Waals surface area contributed by atoms with Gasteiger partial charge >= 0.3 is 0 Å². The predicted molar refractivity (Wildman–Crippen MR) is 98.6 cm³/mol. The number of rotatable bonds is 2. The minimum Gasteiger partial charge on any atom is -0.385 e. The molecule has 2 fully saturated rings. The van der Waals surface area contributed by atoms with Gasteiger partial charge in [0.15, 0.2) is 0 Å². The number of thiazole rings is 1. The summed E-state index contributed by atoms with van der Waals surface area (Å²) in [6.07, 6.45) is 4.76. The van der Waals surface area contributed by atoms with Crippen LogP contribution in [0.2, 0.25) is 0 Å². The zero-order valence-electron chi connectivity index (χ0n) is 14.5. The highest BCUT2D eigenvalue weighted by Gasteiger charge is 2.50. The molecule has 3 atom stereocenters. The highest BCUT2D eigenvalue weighted by molar-refractivity contribution is 7.09. The van der Waals surface area contributed by atoms with E-state index in [0.717, 1.165) is 36.3 Å². The summed E-state index contributed by atoms with van der Waals surface area (Å²) in [5.74, 6) is 0.123. The van der Waals surface area contributed by atoms with Crippen LogP contribution in [0.15, 0.2) is 35.7 Å². The maximum absolute atomic E-state index is 13.0. The molecule has 1 aliphatic carbocycles. The van der Waals surface area contributed by atoms with Crippen LogP contribution in [0, 0.1) is 12.8 Å². The van der Waals surface area contributed by atoms with Crippen LogP contribution in [0.3, 0.4) is 0 Å². The Morgan fingerprint density at radius 3 is 2.76 bits per heavy atom. The largest absolute Gasteiger partial charge is 0.385 e. The Labute approximate surface area is 152 Å². The van der Waals surface area contributed by atoms with E-state index in [1.54, 1.807) is 0 Å². The SMILES string of the molecule is Cc1nc(C(=O)N2CC[C@@](O)(c3ccccc3)[C@H]3CCCC[C@@H]32)cs1. The van der Waals surface area contributed by atoms with Gasteiger partial charge in [-0.2, -0.15) is 0 Å². The standard InChI is InChI=1S/C20H24N2O2S/c1-14-21-17(13-25-14)19(23)22-12-11-20(24,15-7-3-2-4-8-15)16-9-5-6-10-18(16)22/h2-4,7-8,13,16,18,24H,5-6,9-12H2,1H3/t16-,18-,20+/m0/s1. The highest BCUT2D eigenvalue weighted by Crippen LogP contribution is 2.47. The van der Waals surface area contributed by atoms with Crippen molar-refractivity contribution in [2.24, 2.45) is 5.92 Å². The summed E-state index contributed by atoms with van der Waals surface area (Å²) < 4.78 is 0. The third-order valence-corrected chi connectivity index (χ3v) is 6.62. The van der Waals surface area contributed by atoms with Gasteiger partial charge in [0.05, 0.1) is 10.6 Å². The first kappa shape index (κ1) is 16.7. The first-order valence-electron chi connectivity index (χ1n) is 9.10. The number of likely N-dealkylation sites (tertiary alicyclic amines) is 1. The number of aliphatic hydroxyl groups is 1. The van der Waals surface area contributed by atoms with Crippen LogP contribution in [0.1, 0.15) is 53.2 Å². The van der Waals surface area contributed by atoms with Crippen molar-refractivity contribution in [2.75, 3.05) is 6.54 Å². The number of fused-ring (bicyclic) bond motifs is 1. The molecule has 0 unspecified atom stereocenters. The van der Waals surface area contributed by atoms with Crippen LogP contribution in [0.25, 0.3) is 0 Å². The van der Waals surface area contributed by atoms with Crippen LogP contribution in [-0.4, -0.2) is 33.5 Å². The molecule has 132 valence electrons. The van der Waals surface area contributed by atoms with Gasteiger partial charge in [-0.05, 0) is 31.7 Å². The lowest BCUT2D eigenvalue weighted by Crippen LogP contribution is -2.59. The molecule has 1 aromatic carbocycles. The quantitative estimate of drug-likeness (QED) is 0.892. The molecular weight excluding hydrogens is 332 g/mol. The molecule has 2 heterocycles. The van der Waals surface area contributed by atoms with Crippen LogP contribution >= 0.6 is 11.3 Å². The van der Waals surface area contributed by atoms with Gasteiger partial charge in [-0.3, -0.25) is 4.79 Å². The second-order valence-corrected chi connectivity index (χ2v) is 8.31. The monoisotopic (exact) mass is 356 g/mol. The van der Waals surface area contributed by atoms with Crippen molar-refractivity contribution in [2.45, 2.75) is 50.7 Å². The molecule has 1 saturated carbocycles. The van der Waals surface area contributed by atoms with Crippen molar-refractivity contribution < 1.29 is 9.90 Å². The summed E-state index contributed by atoms with van der Waals surface area (Å²) >= 11 is 1.51. The second-order valence-electron chi connectivity index (χ2n) is 7.25. The molecule has 0 radical (unpaired) electrons. The fraction of sp³-hybridized carbons (Fsp3) is 0.500. The number of aromatic nitrogens is 1. The lowest BCUT2D eigenvalue weighted by molar-refractivity contribution is -0.110. The zero-order chi connectivity index (χ0) is 17.4. The van der Waals surface area contributed by atoms with Crippen LogP contribution in [-0.2, 0) is 5.60 Å². The number of benzene rings is 1. The number of aryl methyl sites for hydroxylation is 1. The number of amides is 1. The van der Waals surface area contributed by atoms with Crippen molar-refractivity contribution in [3.8, 4) is 0 Å². The fourth-order valence-electron chi connectivity index (χ4n) is 4.63. The molecule has 1 aromatic heterocycles. The summed E-state index contributed by atoms with van der Waals surface area (Å²) in [5, 5.41) is 14.3. The van der Waals surface area contributed by atoms with E-state index in [0.29, 0.717) is 18.7 Å². The van der Waals surface area contributed by atoms with E-state index in [1.165, 1.54) is 11.3 Å². The minimum atomic E-state index is -0.832. The number of hydrogen-bond acceptors (Lipinski definition) is 4. The molecule has 1 aliphatic heterocycles. The molecule has 25 heavy (non-hydrogen) atoms. The maximum Gasteiger partial charge on any atom is 0.273 e. The molecule has 0 spiro atoms. The molecule has 0 bridgehead atoms. The number of piperidine rings is 1. The summed E-state index contributed by atoms with van der Waals surface area (Å²) in [7, 11) is 0. The van der Waals surface area contributed by atoms with E-state index >= 15 is 0 Å². The van der Waals surface area contributed by atoms with E-state index in [-0.39, 0.29) is 17.9 Å². The van der Waals surface area contributed by atoms with Crippen molar-refractivity contribution >= 4 is 17.2 Å². The summed E-state index contributed by atoms with van der Waals surface area (Å²) in [4.78, 5) is 19.4. The van der Waals surface area contributed by atoms with E-state index < -0.39 is 5.60 Å². The van der Waals surface area contributed by atoms with Crippen molar-refractivity contribution in [1.82, 2.24) is 9.88 Å². The average molecular weight is 356 g/mol. The zero-order valence-corrected chi connectivity index (χ0v) is 15.3. The third kappa shape index (κ3) is 2.89. The summed E-state index contributed by atoms with van der Waals surface area (Å²) in [6, 6.07) is 10.1. The van der Waals surface area contributed by atoms with Gasteiger partial charge in [0.1, 0.15) is 5.69 Å². The molecule has 2 aliphatic rings. The molecule has 4 nitrogen and oxygen atoms in total. The highest BCUT2D eigenvalue weighted by atomic mass is 32.1. The van der Waals surface area contributed by atoms with Gasteiger partial charge in [-0.15, -0.1) is 11.3 Å². The van der Waals surface area contributed by atoms with E-state index in [1.807, 2.05) is 47.5 Å². The Kier molecular flexibility index (Phi) is 4.38. The molecule has 4 rings (SSSR count). The van der Waals surface area contributed by atoms with Gasteiger partial charge in [0.2, 0.25) is 0 Å². The van der Waals surface area contributed by atoms with Gasteiger partial charge in [0, 0.05) is 23.9 Å². The van der Waals surface area contributed by atoms with Crippen LogP contribution < -0.4 is 0 Å². The summed E-state index contributed by atoms with van der Waals surface area (Å²) in [6.45, 7) is 2.51. The van der Waals surface area contributed by atoms with Crippen LogP contribution in [0.4, 0.5) is 0 Å². The van der Waals surface area contributed by atoms with Crippen LogP contribution in [0.5, 0.6) is 0 Å². The van der Waals surface area contributed by atoms with Gasteiger partial charge < -0.3 is 10.0 Å². The Bertz CT molecular complexity index is 760. The van der Waals surface area contributed by atoms with E-state index in [2.05, 4.69) is 4.98 Å². The number of hydrogen-bond donors (Lipinski definition) is 1. The molecule has 1 N–H and O–H groups in total. The number of carbonyl (C=O) groups is 1. The Morgan fingerprint density at radius 1 is 1.28 bits per heavy atom. The van der Waals surface area contributed by atoms with Gasteiger partial charge in [-0.25, -0.2) is 4.98 Å². The van der Waals surface area contributed by atoms with Crippen molar-refractivity contribution in [1.29, 1.82) is 0 Å². The van der Waals surface area contributed by atoms with Crippen molar-refractivity contribution in [3.63, 3.8) is 0 Å². The lowest BCUT2D eigenvalue weighted by Gasteiger charge is -2.52. The molecule has 2 aromatic rings. The van der Waals surface area contributed by atoms with Gasteiger partial charge in [-0.1, -0.05) is 43.2 Å². The first-order chi connectivity index (χ1) is 12.1. The molecular formula is C20H24N2O2S. The Morgan fingerprint density at radius 2 is 2.04 bits per heavy atom. The van der Waals surface area contributed by atoms with Gasteiger partial charge in [0.25, 0.3) is 5.91 Å². The molecule has 5 heteroatoms. The normalized spacial score (nSPS) is 29.3. The summed E-state index contributed by atoms with van der Waals surface area (Å²) in [5.41, 5.74) is 0.710. The first-order valence-corrected chi connectivity index (χ1v) is 9.98. The average Bonchev–Trinajstić information content (AvgIpc) is 3.09. The Hall–Kier alpha value is -1.72. The molecule has 1 saturated heterocycles. The number of nitrogens with zero attached hydrogens (tertiary/aromatic N) is 2. The minimum absolute atomic E-state index is 0.0244.